The van der Waals surface area contributed by atoms with E-state index < -0.39 is 0 Å². The first-order chi connectivity index (χ1) is 8.40. The monoisotopic (exact) mass is 225 g/mol. The Bertz CT molecular complexity index is 508. The molecule has 17 heavy (non-hydrogen) atoms. The fourth-order valence-corrected chi connectivity index (χ4v) is 2.94. The largest absolute Gasteiger partial charge is 0.313 e. The zero-order valence-electron chi connectivity index (χ0n) is 10.3. The molecule has 1 atom stereocenters. The van der Waals surface area contributed by atoms with E-state index in [0.29, 0.717) is 6.04 Å². The molecule has 0 aromatic heterocycles. The third kappa shape index (κ3) is 1.85. The lowest BCUT2D eigenvalue weighted by atomic mass is 9.76. The highest BCUT2D eigenvalue weighted by molar-refractivity contribution is 5.86. The molecular formula is C16H19N. The predicted molar refractivity (Wildman–Crippen MR) is 73.1 cm³/mol. The van der Waals surface area contributed by atoms with E-state index in [2.05, 4.69) is 54.8 Å². The number of nitrogens with one attached hydrogen (secondary N) is 1. The molecule has 1 unspecified atom stereocenters. The summed E-state index contributed by atoms with van der Waals surface area (Å²) in [6.45, 7) is 0. The fourth-order valence-electron chi connectivity index (χ4n) is 2.94. The van der Waals surface area contributed by atoms with Crippen LogP contribution in [0.4, 0.5) is 0 Å². The Morgan fingerprint density at radius 2 is 1.82 bits per heavy atom. The Balaban J connectivity index is 2.08. The minimum absolute atomic E-state index is 0.523. The van der Waals surface area contributed by atoms with Crippen molar-refractivity contribution in [2.45, 2.75) is 25.3 Å². The van der Waals surface area contributed by atoms with Gasteiger partial charge in [-0.1, -0.05) is 48.9 Å². The van der Waals surface area contributed by atoms with Gasteiger partial charge in [0.1, 0.15) is 0 Å². The third-order valence-corrected chi connectivity index (χ3v) is 4.09. The fraction of sp³-hybridized carbons (Fsp3) is 0.375. The molecule has 3 rings (SSSR count). The first-order valence-corrected chi connectivity index (χ1v) is 6.55. The summed E-state index contributed by atoms with van der Waals surface area (Å²) >= 11 is 0. The standard InChI is InChI=1S/C16H19N/c1-17-16(13-8-4-9-13)15-11-5-7-12-6-2-3-10-14(12)15/h2-3,5-7,10-11,13,16-17H,4,8-9H2,1H3. The average Bonchev–Trinajstić information content (AvgIpc) is 2.33. The predicted octanol–water partition coefficient (Wildman–Crippen LogP) is 3.90. The second-order valence-corrected chi connectivity index (χ2v) is 5.03. The summed E-state index contributed by atoms with van der Waals surface area (Å²) in [5.74, 6) is 0.825. The Morgan fingerprint density at radius 3 is 2.53 bits per heavy atom. The van der Waals surface area contributed by atoms with Crippen LogP contribution in [0.1, 0.15) is 30.9 Å². The van der Waals surface area contributed by atoms with Crippen LogP contribution in [-0.2, 0) is 0 Å². The molecule has 0 spiro atoms. The van der Waals surface area contributed by atoms with Crippen LogP contribution < -0.4 is 5.32 Å². The Morgan fingerprint density at radius 1 is 1.06 bits per heavy atom. The van der Waals surface area contributed by atoms with Crippen LogP contribution in [0, 0.1) is 5.92 Å². The van der Waals surface area contributed by atoms with E-state index in [9.17, 15) is 0 Å². The van der Waals surface area contributed by atoms with Crippen LogP contribution in [-0.4, -0.2) is 7.05 Å². The van der Waals surface area contributed by atoms with Crippen molar-refractivity contribution in [2.75, 3.05) is 7.05 Å². The smallest absolute Gasteiger partial charge is 0.0352 e. The van der Waals surface area contributed by atoms with E-state index in [0.717, 1.165) is 5.92 Å². The highest BCUT2D eigenvalue weighted by atomic mass is 14.9. The van der Waals surface area contributed by atoms with Crippen molar-refractivity contribution in [3.8, 4) is 0 Å². The van der Waals surface area contributed by atoms with Crippen LogP contribution >= 0.6 is 0 Å². The molecule has 0 bridgehead atoms. The molecule has 0 saturated heterocycles. The van der Waals surface area contributed by atoms with Gasteiger partial charge >= 0.3 is 0 Å². The second kappa shape index (κ2) is 4.50. The van der Waals surface area contributed by atoms with Crippen LogP contribution in [0.15, 0.2) is 42.5 Å². The summed E-state index contributed by atoms with van der Waals surface area (Å²) in [6, 6.07) is 15.9. The minimum Gasteiger partial charge on any atom is -0.313 e. The molecule has 2 aromatic carbocycles. The van der Waals surface area contributed by atoms with E-state index in [1.54, 1.807) is 0 Å². The molecule has 0 aliphatic heterocycles. The van der Waals surface area contributed by atoms with Crippen molar-refractivity contribution in [1.29, 1.82) is 0 Å². The summed E-state index contributed by atoms with van der Waals surface area (Å²) in [6.07, 6.45) is 4.14. The maximum atomic E-state index is 3.51. The van der Waals surface area contributed by atoms with Crippen LogP contribution in [0.3, 0.4) is 0 Å². The van der Waals surface area contributed by atoms with Gasteiger partial charge < -0.3 is 5.32 Å². The van der Waals surface area contributed by atoms with Crippen molar-refractivity contribution >= 4 is 10.8 Å². The van der Waals surface area contributed by atoms with Gasteiger partial charge in [-0.05, 0) is 42.1 Å². The van der Waals surface area contributed by atoms with Gasteiger partial charge in [-0.25, -0.2) is 0 Å². The summed E-state index contributed by atoms with van der Waals surface area (Å²) in [4.78, 5) is 0. The number of fused-ring (bicyclic) bond motifs is 1. The summed E-state index contributed by atoms with van der Waals surface area (Å²) in [7, 11) is 2.09. The quantitative estimate of drug-likeness (QED) is 0.835. The molecule has 0 amide bonds. The Kier molecular flexibility index (Phi) is 2.86. The molecule has 2 aromatic rings. The Labute approximate surface area is 103 Å². The lowest BCUT2D eigenvalue weighted by Crippen LogP contribution is -2.29. The van der Waals surface area contributed by atoms with E-state index in [1.165, 1.54) is 35.6 Å². The van der Waals surface area contributed by atoms with E-state index in [-0.39, 0.29) is 0 Å². The number of hydrogen-bond acceptors (Lipinski definition) is 1. The zero-order chi connectivity index (χ0) is 11.7. The van der Waals surface area contributed by atoms with Crippen molar-refractivity contribution in [3.05, 3.63) is 48.0 Å². The SMILES string of the molecule is CNC(c1cccc2ccccc12)C1CCC1. The molecular weight excluding hydrogens is 206 g/mol. The second-order valence-electron chi connectivity index (χ2n) is 5.03. The van der Waals surface area contributed by atoms with Gasteiger partial charge in [0.2, 0.25) is 0 Å². The first kappa shape index (κ1) is 10.8. The van der Waals surface area contributed by atoms with Gasteiger partial charge in [-0.2, -0.15) is 0 Å². The molecule has 88 valence electrons. The van der Waals surface area contributed by atoms with Crippen molar-refractivity contribution in [2.24, 2.45) is 5.92 Å². The van der Waals surface area contributed by atoms with Crippen LogP contribution in [0.2, 0.25) is 0 Å². The number of rotatable bonds is 3. The molecule has 1 aliphatic carbocycles. The van der Waals surface area contributed by atoms with E-state index in [4.69, 9.17) is 0 Å². The molecule has 1 saturated carbocycles. The third-order valence-electron chi connectivity index (χ3n) is 4.09. The molecule has 1 nitrogen and oxygen atoms in total. The number of benzene rings is 2. The molecule has 1 heteroatoms. The van der Waals surface area contributed by atoms with Gasteiger partial charge in [0, 0.05) is 6.04 Å². The lowest BCUT2D eigenvalue weighted by molar-refractivity contribution is 0.240. The normalized spacial score (nSPS) is 17.9. The molecule has 1 N–H and O–H groups in total. The van der Waals surface area contributed by atoms with Crippen LogP contribution in [0.25, 0.3) is 10.8 Å². The highest BCUT2D eigenvalue weighted by Gasteiger charge is 2.27. The zero-order valence-corrected chi connectivity index (χ0v) is 10.3. The summed E-state index contributed by atoms with van der Waals surface area (Å²) in [5.41, 5.74) is 1.47. The van der Waals surface area contributed by atoms with Gasteiger partial charge in [-0.3, -0.25) is 0 Å². The van der Waals surface area contributed by atoms with Crippen LogP contribution in [0.5, 0.6) is 0 Å². The topological polar surface area (TPSA) is 12.0 Å². The highest BCUT2D eigenvalue weighted by Crippen LogP contribution is 2.39. The summed E-state index contributed by atoms with van der Waals surface area (Å²) < 4.78 is 0. The Hall–Kier alpha value is -1.34. The number of hydrogen-bond donors (Lipinski definition) is 1. The molecule has 0 radical (unpaired) electrons. The first-order valence-electron chi connectivity index (χ1n) is 6.55. The minimum atomic E-state index is 0.523. The molecule has 1 aliphatic rings. The van der Waals surface area contributed by atoms with Crippen molar-refractivity contribution < 1.29 is 0 Å². The average molecular weight is 225 g/mol. The van der Waals surface area contributed by atoms with Gasteiger partial charge in [0.15, 0.2) is 0 Å². The maximum absolute atomic E-state index is 3.51. The van der Waals surface area contributed by atoms with Crippen molar-refractivity contribution in [3.63, 3.8) is 0 Å². The summed E-state index contributed by atoms with van der Waals surface area (Å²) in [5, 5.41) is 6.27. The maximum Gasteiger partial charge on any atom is 0.0352 e. The van der Waals surface area contributed by atoms with Gasteiger partial charge in [-0.15, -0.1) is 0 Å². The van der Waals surface area contributed by atoms with E-state index in [1.807, 2.05) is 0 Å². The van der Waals surface area contributed by atoms with Gasteiger partial charge in [0.25, 0.3) is 0 Å². The van der Waals surface area contributed by atoms with E-state index >= 15 is 0 Å². The van der Waals surface area contributed by atoms with Gasteiger partial charge in [0.05, 0.1) is 0 Å². The lowest BCUT2D eigenvalue weighted by Gasteiger charge is -2.34. The molecule has 0 heterocycles. The van der Waals surface area contributed by atoms with Crippen molar-refractivity contribution in [1.82, 2.24) is 5.32 Å². The molecule has 1 fully saturated rings.